The molecule has 7 nitrogen and oxygen atoms in total. The number of pyridine rings is 1. The fraction of sp³-hybridized carbons (Fsp3) is 0.429. The number of aliphatic hydroxyl groups excluding tert-OH is 1. The summed E-state index contributed by atoms with van der Waals surface area (Å²) in [7, 11) is 3.73. The Labute approximate surface area is 165 Å². The SMILES string of the molecule is CN(C)c1ncccc1OCC(=O)NCC(O)CN1CCc2ccccc2C1. The summed E-state index contributed by atoms with van der Waals surface area (Å²) in [5.41, 5.74) is 2.69. The topological polar surface area (TPSA) is 77.9 Å². The largest absolute Gasteiger partial charge is 0.480 e. The zero-order chi connectivity index (χ0) is 19.9. The number of β-amino-alcohol motifs (C(OH)–C–C–N with tert-alkyl or cyclic N) is 1. The lowest BCUT2D eigenvalue weighted by Gasteiger charge is -2.30. The van der Waals surface area contributed by atoms with Crippen LogP contribution in [0.4, 0.5) is 5.82 Å². The molecule has 0 saturated heterocycles. The first kappa shape index (κ1) is 20.1. The summed E-state index contributed by atoms with van der Waals surface area (Å²) < 4.78 is 5.57. The highest BCUT2D eigenvalue weighted by Crippen LogP contribution is 2.22. The number of aliphatic hydroxyl groups is 1. The zero-order valence-corrected chi connectivity index (χ0v) is 16.5. The molecule has 1 atom stereocenters. The van der Waals surface area contributed by atoms with E-state index in [4.69, 9.17) is 4.74 Å². The Bertz CT molecular complexity index is 797. The number of nitrogens with zero attached hydrogens (tertiary/aromatic N) is 3. The van der Waals surface area contributed by atoms with Crippen LogP contribution in [0.25, 0.3) is 0 Å². The van der Waals surface area contributed by atoms with E-state index in [1.54, 1.807) is 18.3 Å². The number of carbonyl (C=O) groups excluding carboxylic acids is 1. The van der Waals surface area contributed by atoms with Gasteiger partial charge in [0.25, 0.3) is 5.91 Å². The van der Waals surface area contributed by atoms with Crippen LogP contribution in [0.5, 0.6) is 5.75 Å². The first-order valence-electron chi connectivity index (χ1n) is 9.52. The van der Waals surface area contributed by atoms with E-state index in [0.717, 1.165) is 19.5 Å². The summed E-state index contributed by atoms with van der Waals surface area (Å²) in [6.45, 7) is 2.37. The Kier molecular flexibility index (Phi) is 6.84. The molecule has 0 spiro atoms. The second-order valence-corrected chi connectivity index (χ2v) is 7.22. The fourth-order valence-corrected chi connectivity index (χ4v) is 3.33. The molecule has 1 amide bonds. The van der Waals surface area contributed by atoms with E-state index in [9.17, 15) is 9.90 Å². The van der Waals surface area contributed by atoms with Crippen LogP contribution in [0.2, 0.25) is 0 Å². The van der Waals surface area contributed by atoms with Crippen molar-refractivity contribution < 1.29 is 14.6 Å². The maximum atomic E-state index is 12.1. The van der Waals surface area contributed by atoms with Crippen molar-refractivity contribution in [1.82, 2.24) is 15.2 Å². The van der Waals surface area contributed by atoms with E-state index in [2.05, 4.69) is 33.4 Å². The Balaban J connectivity index is 1.40. The lowest BCUT2D eigenvalue weighted by atomic mass is 10.00. The van der Waals surface area contributed by atoms with Crippen molar-refractivity contribution in [2.24, 2.45) is 0 Å². The fourth-order valence-electron chi connectivity index (χ4n) is 3.33. The average Bonchev–Trinajstić information content (AvgIpc) is 2.70. The molecule has 28 heavy (non-hydrogen) atoms. The molecule has 2 heterocycles. The Morgan fingerprint density at radius 2 is 2.07 bits per heavy atom. The van der Waals surface area contributed by atoms with Crippen LogP contribution < -0.4 is 15.0 Å². The molecule has 1 unspecified atom stereocenters. The van der Waals surface area contributed by atoms with Gasteiger partial charge < -0.3 is 20.1 Å². The van der Waals surface area contributed by atoms with Gasteiger partial charge in [0, 0.05) is 46.5 Å². The van der Waals surface area contributed by atoms with Crippen molar-refractivity contribution in [3.8, 4) is 5.75 Å². The summed E-state index contributed by atoms with van der Waals surface area (Å²) in [6.07, 6.45) is 2.05. The molecule has 1 aromatic carbocycles. The molecule has 0 fully saturated rings. The van der Waals surface area contributed by atoms with Crippen LogP contribution in [0.1, 0.15) is 11.1 Å². The molecule has 2 N–H and O–H groups in total. The Morgan fingerprint density at radius 1 is 1.29 bits per heavy atom. The smallest absolute Gasteiger partial charge is 0.258 e. The van der Waals surface area contributed by atoms with E-state index < -0.39 is 6.10 Å². The molecule has 1 aliphatic heterocycles. The molecule has 2 aromatic rings. The Hall–Kier alpha value is -2.64. The molecule has 0 aliphatic carbocycles. The van der Waals surface area contributed by atoms with Crippen LogP contribution in [0.3, 0.4) is 0 Å². The summed E-state index contributed by atoms with van der Waals surface area (Å²) >= 11 is 0. The van der Waals surface area contributed by atoms with Crippen molar-refractivity contribution in [1.29, 1.82) is 0 Å². The van der Waals surface area contributed by atoms with Crippen LogP contribution in [-0.4, -0.2) is 67.3 Å². The van der Waals surface area contributed by atoms with Gasteiger partial charge in [0.15, 0.2) is 18.2 Å². The monoisotopic (exact) mass is 384 g/mol. The molecule has 0 saturated carbocycles. The van der Waals surface area contributed by atoms with Gasteiger partial charge in [-0.15, -0.1) is 0 Å². The highest BCUT2D eigenvalue weighted by molar-refractivity contribution is 5.77. The average molecular weight is 384 g/mol. The molecule has 1 aromatic heterocycles. The van der Waals surface area contributed by atoms with E-state index in [1.807, 2.05) is 25.1 Å². The summed E-state index contributed by atoms with van der Waals surface area (Å²) in [6, 6.07) is 11.9. The molecule has 0 radical (unpaired) electrons. The number of amides is 1. The zero-order valence-electron chi connectivity index (χ0n) is 16.5. The Morgan fingerprint density at radius 3 is 2.86 bits per heavy atom. The minimum absolute atomic E-state index is 0.115. The normalized spacial score (nSPS) is 14.8. The van der Waals surface area contributed by atoms with Gasteiger partial charge in [0.1, 0.15) is 0 Å². The number of rotatable bonds is 8. The van der Waals surface area contributed by atoms with Gasteiger partial charge in [0.05, 0.1) is 6.10 Å². The quantitative estimate of drug-likeness (QED) is 0.709. The van der Waals surface area contributed by atoms with Gasteiger partial charge in [-0.1, -0.05) is 24.3 Å². The molecular formula is C21H28N4O3. The number of hydrogen-bond acceptors (Lipinski definition) is 6. The van der Waals surface area contributed by atoms with Gasteiger partial charge in [-0.3, -0.25) is 9.69 Å². The summed E-state index contributed by atoms with van der Waals surface area (Å²) in [5.74, 6) is 0.951. The first-order valence-corrected chi connectivity index (χ1v) is 9.52. The maximum absolute atomic E-state index is 12.1. The number of benzene rings is 1. The third-order valence-corrected chi connectivity index (χ3v) is 4.75. The second-order valence-electron chi connectivity index (χ2n) is 7.22. The number of hydrogen-bond donors (Lipinski definition) is 2. The van der Waals surface area contributed by atoms with Crippen molar-refractivity contribution in [3.05, 3.63) is 53.7 Å². The van der Waals surface area contributed by atoms with E-state index in [0.29, 0.717) is 18.1 Å². The standard InChI is InChI=1S/C21H28N4O3/c1-24(2)21-19(8-5-10-22-21)28-15-20(27)23-12-18(26)14-25-11-9-16-6-3-4-7-17(16)13-25/h3-8,10,18,26H,9,11-15H2,1-2H3,(H,23,27). The first-order chi connectivity index (χ1) is 13.5. The highest BCUT2D eigenvalue weighted by atomic mass is 16.5. The maximum Gasteiger partial charge on any atom is 0.258 e. The van der Waals surface area contributed by atoms with Gasteiger partial charge in [0.2, 0.25) is 0 Å². The van der Waals surface area contributed by atoms with Crippen molar-refractivity contribution >= 4 is 11.7 Å². The molecule has 7 heteroatoms. The number of aromatic nitrogens is 1. The van der Waals surface area contributed by atoms with Gasteiger partial charge in [-0.2, -0.15) is 0 Å². The van der Waals surface area contributed by atoms with E-state index in [1.165, 1.54) is 11.1 Å². The lowest BCUT2D eigenvalue weighted by Crippen LogP contribution is -2.42. The molecule has 0 bridgehead atoms. The highest BCUT2D eigenvalue weighted by Gasteiger charge is 2.19. The summed E-state index contributed by atoms with van der Waals surface area (Å²) in [4.78, 5) is 20.3. The van der Waals surface area contributed by atoms with Crippen molar-refractivity contribution in [2.45, 2.75) is 19.1 Å². The predicted octanol–water partition coefficient (Wildman–Crippen LogP) is 1.06. The van der Waals surface area contributed by atoms with Crippen molar-refractivity contribution in [2.75, 3.05) is 45.2 Å². The number of fused-ring (bicyclic) bond motifs is 1. The lowest BCUT2D eigenvalue weighted by molar-refractivity contribution is -0.123. The van der Waals surface area contributed by atoms with Crippen LogP contribution >= 0.6 is 0 Å². The molecule has 3 rings (SSSR count). The summed E-state index contributed by atoms with van der Waals surface area (Å²) in [5, 5.41) is 13.0. The third-order valence-electron chi connectivity index (χ3n) is 4.75. The number of carbonyl (C=O) groups is 1. The van der Waals surface area contributed by atoms with Crippen LogP contribution in [0, 0.1) is 0 Å². The minimum Gasteiger partial charge on any atom is -0.480 e. The van der Waals surface area contributed by atoms with E-state index >= 15 is 0 Å². The second kappa shape index (κ2) is 9.52. The minimum atomic E-state index is -0.620. The van der Waals surface area contributed by atoms with Gasteiger partial charge >= 0.3 is 0 Å². The van der Waals surface area contributed by atoms with Crippen LogP contribution in [0.15, 0.2) is 42.6 Å². The molecule has 150 valence electrons. The van der Waals surface area contributed by atoms with E-state index in [-0.39, 0.29) is 19.1 Å². The predicted molar refractivity (Wildman–Crippen MR) is 108 cm³/mol. The number of ether oxygens (including phenoxy) is 1. The van der Waals surface area contributed by atoms with Crippen LogP contribution in [-0.2, 0) is 17.8 Å². The molecule has 1 aliphatic rings. The van der Waals surface area contributed by atoms with Gasteiger partial charge in [-0.25, -0.2) is 4.98 Å². The number of anilines is 1. The third kappa shape index (κ3) is 5.43. The van der Waals surface area contributed by atoms with Crippen molar-refractivity contribution in [3.63, 3.8) is 0 Å². The number of nitrogens with one attached hydrogen (secondary N) is 1. The molecular weight excluding hydrogens is 356 g/mol. The van der Waals surface area contributed by atoms with Gasteiger partial charge in [-0.05, 0) is 29.7 Å².